The number of phenolic OH excluding ortho intramolecular Hbond substituents is 1. The fourth-order valence-electron chi connectivity index (χ4n) is 1.95. The maximum absolute atomic E-state index is 11.3. The maximum Gasteiger partial charge on any atom is 0.295 e. The molecule has 0 aliphatic carbocycles. The van der Waals surface area contributed by atoms with Crippen LogP contribution in [-0.2, 0) is 10.1 Å². The van der Waals surface area contributed by atoms with Gasteiger partial charge in [0.2, 0.25) is 0 Å². The second kappa shape index (κ2) is 3.86. The molecule has 0 aliphatic rings. The summed E-state index contributed by atoms with van der Waals surface area (Å²) in [7, 11) is -4.36. The quantitative estimate of drug-likeness (QED) is 0.542. The predicted molar refractivity (Wildman–Crippen MR) is 69.3 cm³/mol. The Balaban J connectivity index is 3.09. The number of hydrogen-bond donors (Lipinski definition) is 3. The van der Waals surface area contributed by atoms with Gasteiger partial charge in [-0.3, -0.25) is 4.55 Å². The van der Waals surface area contributed by atoms with Crippen molar-refractivity contribution in [1.82, 2.24) is 0 Å². The summed E-state index contributed by atoms with van der Waals surface area (Å²) in [5.74, 6) is -0.0620. The fraction of sp³-hybridized carbons (Fsp3) is 0.167. The van der Waals surface area contributed by atoms with Crippen LogP contribution in [0.1, 0.15) is 11.1 Å². The third-order valence-electron chi connectivity index (χ3n) is 3.06. The molecule has 0 aromatic heterocycles. The first kappa shape index (κ1) is 12.7. The lowest BCUT2D eigenvalue weighted by molar-refractivity contribution is 0.477. The summed E-state index contributed by atoms with van der Waals surface area (Å²) >= 11 is 0. The third-order valence-corrected chi connectivity index (χ3v) is 3.97. The van der Waals surface area contributed by atoms with Gasteiger partial charge in [0.1, 0.15) is 10.6 Å². The molecule has 0 unspecified atom stereocenters. The highest BCUT2D eigenvalue weighted by atomic mass is 32.2. The molecule has 0 radical (unpaired) electrons. The number of rotatable bonds is 1. The van der Waals surface area contributed by atoms with Crippen molar-refractivity contribution in [3.05, 3.63) is 29.3 Å². The van der Waals surface area contributed by atoms with Gasteiger partial charge in [-0.25, -0.2) is 0 Å². The van der Waals surface area contributed by atoms with Crippen molar-refractivity contribution in [2.24, 2.45) is 0 Å². The summed E-state index contributed by atoms with van der Waals surface area (Å²) < 4.78 is 31.8. The number of phenols is 1. The summed E-state index contributed by atoms with van der Waals surface area (Å²) in [5, 5.41) is 10.5. The van der Waals surface area contributed by atoms with Crippen LogP contribution in [0.5, 0.6) is 5.75 Å². The molecule has 4 N–H and O–H groups in total. The number of anilines is 1. The largest absolute Gasteiger partial charge is 0.507 e. The van der Waals surface area contributed by atoms with Gasteiger partial charge in [0.15, 0.2) is 0 Å². The monoisotopic (exact) mass is 267 g/mol. The maximum atomic E-state index is 11.3. The topological polar surface area (TPSA) is 101 Å². The van der Waals surface area contributed by atoms with Crippen molar-refractivity contribution >= 4 is 26.6 Å². The minimum absolute atomic E-state index is 0.0620. The zero-order valence-corrected chi connectivity index (χ0v) is 10.7. The molecule has 0 bridgehead atoms. The van der Waals surface area contributed by atoms with E-state index < -0.39 is 10.1 Å². The van der Waals surface area contributed by atoms with Crippen LogP contribution >= 0.6 is 0 Å². The van der Waals surface area contributed by atoms with Crippen LogP contribution in [0.3, 0.4) is 0 Å². The number of hydrogen-bond acceptors (Lipinski definition) is 4. The molecule has 0 atom stereocenters. The molecule has 5 nitrogen and oxygen atoms in total. The molecule has 96 valence electrons. The second-order valence-corrected chi connectivity index (χ2v) is 5.61. The zero-order chi connectivity index (χ0) is 13.7. The number of benzene rings is 2. The van der Waals surface area contributed by atoms with Crippen molar-refractivity contribution in [3.8, 4) is 5.75 Å². The first-order chi connectivity index (χ1) is 8.23. The molecule has 0 aliphatic heterocycles. The fourth-order valence-corrected chi connectivity index (χ4v) is 2.63. The van der Waals surface area contributed by atoms with E-state index in [4.69, 9.17) is 5.73 Å². The lowest BCUT2D eigenvalue weighted by Crippen LogP contribution is -2.01. The molecule has 2 aromatic carbocycles. The second-order valence-electron chi connectivity index (χ2n) is 4.22. The van der Waals surface area contributed by atoms with Gasteiger partial charge in [-0.15, -0.1) is 0 Å². The Morgan fingerprint density at radius 3 is 2.39 bits per heavy atom. The van der Waals surface area contributed by atoms with Crippen molar-refractivity contribution in [3.63, 3.8) is 0 Å². The highest BCUT2D eigenvalue weighted by Crippen LogP contribution is 2.37. The van der Waals surface area contributed by atoms with Crippen LogP contribution in [0.4, 0.5) is 5.69 Å². The van der Waals surface area contributed by atoms with Crippen molar-refractivity contribution in [2.45, 2.75) is 18.7 Å². The Hall–Kier alpha value is -1.79. The van der Waals surface area contributed by atoms with Crippen LogP contribution in [0, 0.1) is 13.8 Å². The number of aromatic hydroxyl groups is 1. The summed E-state index contributed by atoms with van der Waals surface area (Å²) in [6.45, 7) is 3.45. The average molecular weight is 267 g/mol. The van der Waals surface area contributed by atoms with E-state index in [0.29, 0.717) is 5.56 Å². The molecule has 0 heterocycles. The van der Waals surface area contributed by atoms with Gasteiger partial charge in [0, 0.05) is 16.5 Å². The Morgan fingerprint density at radius 1 is 1.22 bits per heavy atom. The first-order valence-corrected chi connectivity index (χ1v) is 6.66. The van der Waals surface area contributed by atoms with Gasteiger partial charge >= 0.3 is 0 Å². The van der Waals surface area contributed by atoms with E-state index in [-0.39, 0.29) is 27.1 Å². The molecular formula is C12H13NO4S. The average Bonchev–Trinajstić information content (AvgIpc) is 2.24. The summed E-state index contributed by atoms with van der Waals surface area (Å²) in [6.07, 6.45) is 0. The highest BCUT2D eigenvalue weighted by Gasteiger charge is 2.19. The van der Waals surface area contributed by atoms with E-state index in [0.717, 1.165) is 5.56 Å². The number of aryl methyl sites for hydroxylation is 1. The summed E-state index contributed by atoms with van der Waals surface area (Å²) in [5.41, 5.74) is 7.36. The van der Waals surface area contributed by atoms with Gasteiger partial charge in [-0.05, 0) is 43.2 Å². The minimum Gasteiger partial charge on any atom is -0.507 e. The van der Waals surface area contributed by atoms with E-state index in [9.17, 15) is 18.1 Å². The summed E-state index contributed by atoms with van der Waals surface area (Å²) in [4.78, 5) is -0.259. The van der Waals surface area contributed by atoms with E-state index in [1.165, 1.54) is 12.1 Å². The van der Waals surface area contributed by atoms with Gasteiger partial charge in [0.25, 0.3) is 10.1 Å². The number of fused-ring (bicyclic) bond motifs is 1. The lowest BCUT2D eigenvalue weighted by Gasteiger charge is -2.12. The zero-order valence-electron chi connectivity index (χ0n) is 9.93. The standard InChI is InChI=1S/C12H13NO4S/c1-6-5-8-10(18(15,16)17)4-3-9(13)11(8)12(14)7(6)2/h3-5,14H,13H2,1-2H3,(H,15,16,17). The molecule has 0 amide bonds. The van der Waals surface area contributed by atoms with Crippen LogP contribution in [0.2, 0.25) is 0 Å². The van der Waals surface area contributed by atoms with Crippen LogP contribution in [-0.4, -0.2) is 18.1 Å². The molecule has 2 rings (SSSR count). The van der Waals surface area contributed by atoms with Gasteiger partial charge < -0.3 is 10.8 Å². The van der Waals surface area contributed by atoms with Crippen LogP contribution < -0.4 is 5.73 Å². The van der Waals surface area contributed by atoms with E-state index in [1.54, 1.807) is 19.9 Å². The van der Waals surface area contributed by atoms with Crippen LogP contribution in [0.15, 0.2) is 23.1 Å². The van der Waals surface area contributed by atoms with Gasteiger partial charge in [-0.2, -0.15) is 8.42 Å². The van der Waals surface area contributed by atoms with Gasteiger partial charge in [-0.1, -0.05) is 0 Å². The van der Waals surface area contributed by atoms with E-state index >= 15 is 0 Å². The number of nitrogens with two attached hydrogens (primary N) is 1. The minimum atomic E-state index is -4.36. The Labute approximate surface area is 105 Å². The first-order valence-electron chi connectivity index (χ1n) is 5.22. The molecule has 0 spiro atoms. The third kappa shape index (κ3) is 1.79. The molecule has 2 aromatic rings. The summed E-state index contributed by atoms with van der Waals surface area (Å²) in [6, 6.07) is 4.16. The smallest absolute Gasteiger partial charge is 0.295 e. The lowest BCUT2D eigenvalue weighted by atomic mass is 10.00. The van der Waals surface area contributed by atoms with E-state index in [2.05, 4.69) is 0 Å². The molecule has 0 fully saturated rings. The predicted octanol–water partition coefficient (Wildman–Crippen LogP) is 1.99. The van der Waals surface area contributed by atoms with E-state index in [1.807, 2.05) is 0 Å². The van der Waals surface area contributed by atoms with Crippen molar-refractivity contribution in [1.29, 1.82) is 0 Å². The van der Waals surface area contributed by atoms with Crippen LogP contribution in [0.25, 0.3) is 10.8 Å². The highest BCUT2D eigenvalue weighted by molar-refractivity contribution is 7.86. The normalized spacial score (nSPS) is 11.9. The molecule has 0 saturated heterocycles. The Morgan fingerprint density at radius 2 is 1.83 bits per heavy atom. The Bertz CT molecular complexity index is 750. The number of nitrogen functional groups attached to an aromatic ring is 1. The Kier molecular flexibility index (Phi) is 2.71. The van der Waals surface area contributed by atoms with Gasteiger partial charge in [0.05, 0.1) is 0 Å². The molecule has 0 saturated carbocycles. The molecule has 18 heavy (non-hydrogen) atoms. The SMILES string of the molecule is Cc1cc2c(S(=O)(=O)O)ccc(N)c2c(O)c1C. The molecular weight excluding hydrogens is 254 g/mol. The molecule has 6 heteroatoms. The van der Waals surface area contributed by atoms with Crippen molar-refractivity contribution in [2.75, 3.05) is 5.73 Å². The van der Waals surface area contributed by atoms with Crippen molar-refractivity contribution < 1.29 is 18.1 Å².